The summed E-state index contributed by atoms with van der Waals surface area (Å²) in [5.41, 5.74) is 0.426. The second-order valence-electron chi connectivity index (χ2n) is 5.62. The molecule has 0 heterocycles. The molecule has 0 bridgehead atoms. The quantitative estimate of drug-likeness (QED) is 0.878. The van der Waals surface area contributed by atoms with Crippen LogP contribution >= 0.6 is 0 Å². The summed E-state index contributed by atoms with van der Waals surface area (Å²) in [6.07, 6.45) is 0.577. The van der Waals surface area contributed by atoms with Crippen molar-refractivity contribution in [2.75, 3.05) is 13.7 Å². The molecule has 0 aliphatic rings. The zero-order chi connectivity index (χ0) is 16.0. The highest BCUT2D eigenvalue weighted by Gasteiger charge is 2.20. The van der Waals surface area contributed by atoms with Gasteiger partial charge in [-0.2, -0.15) is 8.78 Å². The molecule has 0 aliphatic heterocycles. The Morgan fingerprint density at radius 2 is 1.95 bits per heavy atom. The van der Waals surface area contributed by atoms with Crippen molar-refractivity contribution in [1.29, 1.82) is 0 Å². The maximum absolute atomic E-state index is 12.2. The summed E-state index contributed by atoms with van der Waals surface area (Å²) in [6.45, 7) is 3.08. The Kier molecular flexibility index (Phi) is 5.93. The largest absolute Gasteiger partial charge is 0.493 e. The Balaban J connectivity index is 2.63. The predicted octanol–water partition coefficient (Wildman–Crippen LogP) is 3.00. The number of halogens is 2. The molecule has 118 valence electrons. The standard InChI is InChI=1S/C15H21F2NO3/c1-15(2,3)13(19)18-8-7-10-5-6-11(21-14(16)17)12(9-10)20-4/h5-6,9,14H,7-8H2,1-4H3,(H,18,19). The minimum absolute atomic E-state index is 0.00465. The second-order valence-corrected chi connectivity index (χ2v) is 5.62. The van der Waals surface area contributed by atoms with Gasteiger partial charge in [0, 0.05) is 12.0 Å². The van der Waals surface area contributed by atoms with Crippen molar-refractivity contribution in [1.82, 2.24) is 5.32 Å². The molecule has 0 unspecified atom stereocenters. The van der Waals surface area contributed by atoms with Crippen molar-refractivity contribution in [3.05, 3.63) is 23.8 Å². The van der Waals surface area contributed by atoms with E-state index in [9.17, 15) is 13.6 Å². The van der Waals surface area contributed by atoms with E-state index in [2.05, 4.69) is 10.1 Å². The monoisotopic (exact) mass is 301 g/mol. The van der Waals surface area contributed by atoms with Crippen LogP contribution in [-0.2, 0) is 11.2 Å². The molecule has 1 amide bonds. The molecule has 0 aromatic heterocycles. The predicted molar refractivity (Wildman–Crippen MR) is 75.8 cm³/mol. The number of carbonyl (C=O) groups is 1. The number of hydrogen-bond acceptors (Lipinski definition) is 3. The van der Waals surface area contributed by atoms with E-state index in [1.807, 2.05) is 20.8 Å². The normalized spacial score (nSPS) is 11.4. The molecule has 6 heteroatoms. The van der Waals surface area contributed by atoms with E-state index in [0.717, 1.165) is 5.56 Å². The number of ether oxygens (including phenoxy) is 2. The van der Waals surface area contributed by atoms with Crippen LogP contribution in [0.3, 0.4) is 0 Å². The lowest BCUT2D eigenvalue weighted by atomic mass is 9.95. The maximum Gasteiger partial charge on any atom is 0.387 e. The first-order chi connectivity index (χ1) is 9.74. The van der Waals surface area contributed by atoms with E-state index in [4.69, 9.17) is 4.74 Å². The molecule has 1 N–H and O–H groups in total. The van der Waals surface area contributed by atoms with Gasteiger partial charge >= 0.3 is 6.61 Å². The average Bonchev–Trinajstić information content (AvgIpc) is 2.38. The number of methoxy groups -OCH3 is 1. The topological polar surface area (TPSA) is 47.6 Å². The Morgan fingerprint density at radius 3 is 2.48 bits per heavy atom. The summed E-state index contributed by atoms with van der Waals surface area (Å²) in [5.74, 6) is 0.206. The molecular weight excluding hydrogens is 280 g/mol. The second kappa shape index (κ2) is 7.24. The van der Waals surface area contributed by atoms with Crippen LogP contribution in [0.15, 0.2) is 18.2 Å². The van der Waals surface area contributed by atoms with Gasteiger partial charge < -0.3 is 14.8 Å². The minimum atomic E-state index is -2.89. The Hall–Kier alpha value is -1.85. The van der Waals surface area contributed by atoms with Crippen LogP contribution < -0.4 is 14.8 Å². The van der Waals surface area contributed by atoms with Crippen molar-refractivity contribution >= 4 is 5.91 Å². The van der Waals surface area contributed by atoms with E-state index < -0.39 is 12.0 Å². The number of alkyl halides is 2. The number of nitrogens with one attached hydrogen (secondary N) is 1. The van der Waals surface area contributed by atoms with E-state index in [1.165, 1.54) is 13.2 Å². The van der Waals surface area contributed by atoms with Crippen LogP contribution in [0.1, 0.15) is 26.3 Å². The fourth-order valence-corrected chi connectivity index (χ4v) is 1.65. The summed E-state index contributed by atoms with van der Waals surface area (Å²) < 4.78 is 33.8. The molecule has 0 saturated heterocycles. The highest BCUT2D eigenvalue weighted by Crippen LogP contribution is 2.29. The fraction of sp³-hybridized carbons (Fsp3) is 0.533. The van der Waals surface area contributed by atoms with Gasteiger partial charge in [-0.05, 0) is 24.1 Å². The third-order valence-corrected chi connectivity index (χ3v) is 2.82. The first kappa shape index (κ1) is 17.2. The van der Waals surface area contributed by atoms with Crippen molar-refractivity contribution in [2.45, 2.75) is 33.8 Å². The van der Waals surface area contributed by atoms with Crippen molar-refractivity contribution < 1.29 is 23.0 Å². The molecule has 0 fully saturated rings. The van der Waals surface area contributed by atoms with Gasteiger partial charge in [0.15, 0.2) is 11.5 Å². The summed E-state index contributed by atoms with van der Waals surface area (Å²) in [7, 11) is 1.39. The molecule has 1 aromatic carbocycles. The third kappa shape index (κ3) is 5.57. The Labute approximate surface area is 123 Å². The molecule has 0 saturated carbocycles. The third-order valence-electron chi connectivity index (χ3n) is 2.82. The van der Waals surface area contributed by atoms with Crippen LogP contribution in [0, 0.1) is 5.41 Å². The van der Waals surface area contributed by atoms with Crippen molar-refractivity contribution in [3.63, 3.8) is 0 Å². The van der Waals surface area contributed by atoms with Gasteiger partial charge in [-0.1, -0.05) is 26.8 Å². The molecule has 0 spiro atoms. The lowest BCUT2D eigenvalue weighted by Gasteiger charge is -2.17. The molecule has 0 atom stereocenters. The molecular formula is C15H21F2NO3. The average molecular weight is 301 g/mol. The highest BCUT2D eigenvalue weighted by molar-refractivity contribution is 5.81. The molecule has 0 radical (unpaired) electrons. The van der Waals surface area contributed by atoms with Gasteiger partial charge in [-0.3, -0.25) is 4.79 Å². The first-order valence-corrected chi connectivity index (χ1v) is 6.64. The lowest BCUT2D eigenvalue weighted by molar-refractivity contribution is -0.128. The lowest BCUT2D eigenvalue weighted by Crippen LogP contribution is -2.35. The SMILES string of the molecule is COc1cc(CCNC(=O)C(C)(C)C)ccc1OC(F)F. The number of benzene rings is 1. The summed E-state index contributed by atoms with van der Waals surface area (Å²) in [5, 5.41) is 2.82. The van der Waals surface area contributed by atoms with Gasteiger partial charge in [0.25, 0.3) is 0 Å². The first-order valence-electron chi connectivity index (χ1n) is 6.64. The summed E-state index contributed by atoms with van der Waals surface area (Å²) >= 11 is 0. The Morgan fingerprint density at radius 1 is 1.29 bits per heavy atom. The molecule has 0 aliphatic carbocycles. The van der Waals surface area contributed by atoms with Crippen LogP contribution in [-0.4, -0.2) is 26.2 Å². The van der Waals surface area contributed by atoms with Gasteiger partial charge in [-0.25, -0.2) is 0 Å². The van der Waals surface area contributed by atoms with E-state index in [1.54, 1.807) is 12.1 Å². The molecule has 4 nitrogen and oxygen atoms in total. The van der Waals surface area contributed by atoms with Crippen molar-refractivity contribution in [2.24, 2.45) is 5.41 Å². The summed E-state index contributed by atoms with van der Waals surface area (Å²) in [4.78, 5) is 11.7. The van der Waals surface area contributed by atoms with Gasteiger partial charge in [0.1, 0.15) is 0 Å². The van der Waals surface area contributed by atoms with Crippen molar-refractivity contribution in [3.8, 4) is 11.5 Å². The van der Waals surface area contributed by atoms with Gasteiger partial charge in [0.2, 0.25) is 5.91 Å². The Bertz CT molecular complexity index is 484. The molecule has 21 heavy (non-hydrogen) atoms. The number of carbonyl (C=O) groups excluding carboxylic acids is 1. The zero-order valence-electron chi connectivity index (χ0n) is 12.7. The maximum atomic E-state index is 12.2. The van der Waals surface area contributed by atoms with E-state index >= 15 is 0 Å². The van der Waals surface area contributed by atoms with Crippen LogP contribution in [0.25, 0.3) is 0 Å². The zero-order valence-corrected chi connectivity index (χ0v) is 12.7. The van der Waals surface area contributed by atoms with Crippen LogP contribution in [0.4, 0.5) is 8.78 Å². The molecule has 1 rings (SSSR count). The number of hydrogen-bond donors (Lipinski definition) is 1. The van der Waals surface area contributed by atoms with Crippen LogP contribution in [0.5, 0.6) is 11.5 Å². The van der Waals surface area contributed by atoms with Gasteiger partial charge in [-0.15, -0.1) is 0 Å². The van der Waals surface area contributed by atoms with Gasteiger partial charge in [0.05, 0.1) is 7.11 Å². The van der Waals surface area contributed by atoms with Crippen LogP contribution in [0.2, 0.25) is 0 Å². The fourth-order valence-electron chi connectivity index (χ4n) is 1.65. The number of rotatable bonds is 6. The minimum Gasteiger partial charge on any atom is -0.493 e. The highest BCUT2D eigenvalue weighted by atomic mass is 19.3. The number of amides is 1. The smallest absolute Gasteiger partial charge is 0.387 e. The van der Waals surface area contributed by atoms with E-state index in [0.29, 0.717) is 13.0 Å². The molecule has 1 aromatic rings. The van der Waals surface area contributed by atoms with E-state index in [-0.39, 0.29) is 17.4 Å². The summed E-state index contributed by atoms with van der Waals surface area (Å²) in [6, 6.07) is 4.73.